The van der Waals surface area contributed by atoms with Crippen LogP contribution in [0.4, 0.5) is 0 Å². The quantitative estimate of drug-likeness (QED) is 0.422. The monoisotopic (exact) mass is 173 g/mol. The molecule has 0 heterocycles. The summed E-state index contributed by atoms with van der Waals surface area (Å²) in [4.78, 5) is 1.76. The molecule has 0 atom stereocenters. The van der Waals surface area contributed by atoms with Crippen molar-refractivity contribution in [2.75, 3.05) is 13.3 Å². The van der Waals surface area contributed by atoms with Gasteiger partial charge in [-0.2, -0.15) is 0 Å². The van der Waals surface area contributed by atoms with Crippen molar-refractivity contribution < 1.29 is 0 Å². The summed E-state index contributed by atoms with van der Waals surface area (Å²) in [6, 6.07) is 0. The predicted octanol–water partition coefficient (Wildman–Crippen LogP) is 2.38. The standard InChI is InChI=1S/C8H18PSi/c1-7(2)10(6)8(3)9(4)5/h1-6H3/q+1. The molecule has 0 amide bonds. The van der Waals surface area contributed by atoms with Crippen LogP contribution in [0.5, 0.6) is 0 Å². The minimum absolute atomic E-state index is 0.208. The maximum absolute atomic E-state index is 2.40. The highest BCUT2D eigenvalue weighted by atomic mass is 31.1. The lowest BCUT2D eigenvalue weighted by molar-refractivity contribution is 1.83. The van der Waals surface area contributed by atoms with Gasteiger partial charge in [0.1, 0.15) is 0 Å². The van der Waals surface area contributed by atoms with Crippen molar-refractivity contribution >= 4 is 26.0 Å². The van der Waals surface area contributed by atoms with Crippen LogP contribution in [0.3, 0.4) is 0 Å². The van der Waals surface area contributed by atoms with Gasteiger partial charge in [-0.05, 0) is 27.3 Å². The summed E-state index contributed by atoms with van der Waals surface area (Å²) in [5, 5.41) is 1.64. The topological polar surface area (TPSA) is 0 Å². The van der Waals surface area contributed by atoms with E-state index < -0.39 is 0 Å². The fourth-order valence-corrected chi connectivity index (χ4v) is 4.77. The van der Waals surface area contributed by atoms with Crippen molar-refractivity contribution in [2.24, 2.45) is 0 Å². The number of rotatable bonds is 1. The summed E-state index contributed by atoms with van der Waals surface area (Å²) in [5.41, 5.74) is 0. The molecule has 0 bridgehead atoms. The van der Waals surface area contributed by atoms with E-state index in [1.165, 1.54) is 0 Å². The van der Waals surface area contributed by atoms with Crippen LogP contribution in [0.1, 0.15) is 20.8 Å². The summed E-state index contributed by atoms with van der Waals surface area (Å²) in [7, 11) is -0.0141. The highest BCUT2D eigenvalue weighted by Gasteiger charge is 2.06. The fourth-order valence-electron chi connectivity index (χ4n) is 0.697. The van der Waals surface area contributed by atoms with Gasteiger partial charge in [0.2, 0.25) is 0 Å². The van der Waals surface area contributed by atoms with Gasteiger partial charge in [0.25, 0.3) is 0 Å². The molecule has 0 fully saturated rings. The molecule has 0 aromatic heterocycles. The van der Waals surface area contributed by atoms with E-state index in [-0.39, 0.29) is 16.0 Å². The van der Waals surface area contributed by atoms with Crippen LogP contribution in [-0.4, -0.2) is 31.8 Å². The third-order valence-electron chi connectivity index (χ3n) is 1.96. The van der Waals surface area contributed by atoms with Gasteiger partial charge >= 0.3 is 0 Å². The Kier molecular flexibility index (Phi) is 4.31. The van der Waals surface area contributed by atoms with E-state index in [0.717, 1.165) is 0 Å². The Hall–Kier alpha value is 0.257. The number of hydrogen-bond acceptors (Lipinski definition) is 0. The second-order valence-electron chi connectivity index (χ2n) is 3.10. The first-order valence-electron chi connectivity index (χ1n) is 3.62. The first-order chi connectivity index (χ1) is 4.46. The number of hydrogen-bond donors (Lipinski definition) is 0. The molecule has 10 heavy (non-hydrogen) atoms. The summed E-state index contributed by atoms with van der Waals surface area (Å²) < 4.78 is 0. The first-order valence-corrected chi connectivity index (χ1v) is 7.85. The third-order valence-corrected chi connectivity index (χ3v) is 8.24. The lowest BCUT2D eigenvalue weighted by Gasteiger charge is -1.96. The summed E-state index contributed by atoms with van der Waals surface area (Å²) >= 11 is 0. The van der Waals surface area contributed by atoms with Crippen molar-refractivity contribution in [1.82, 2.24) is 0 Å². The Labute approximate surface area is 67.3 Å². The van der Waals surface area contributed by atoms with E-state index in [2.05, 4.69) is 40.6 Å². The van der Waals surface area contributed by atoms with Gasteiger partial charge in [-0.3, -0.25) is 0 Å². The molecular weight excluding hydrogens is 155 g/mol. The molecule has 2 heteroatoms. The minimum Gasteiger partial charge on any atom is -0.0882 e. The molecule has 0 aliphatic carbocycles. The second-order valence-corrected chi connectivity index (χ2v) is 8.99. The maximum Gasteiger partial charge on any atom is 0.0955 e. The summed E-state index contributed by atoms with van der Waals surface area (Å²) in [6.07, 6.45) is 0. The SMILES string of the molecule is CC(C)=[Si](C)C(C)=[P+](C)C. The van der Waals surface area contributed by atoms with Crippen molar-refractivity contribution in [3.8, 4) is 0 Å². The zero-order valence-electron chi connectivity index (χ0n) is 7.95. The first kappa shape index (κ1) is 10.3. The summed E-state index contributed by atoms with van der Waals surface area (Å²) in [5.74, 6) is 0. The molecule has 0 unspecified atom stereocenters. The molecule has 0 saturated heterocycles. The zero-order valence-corrected chi connectivity index (χ0v) is 9.84. The van der Waals surface area contributed by atoms with Gasteiger partial charge in [-0.25, -0.2) is 0 Å². The van der Waals surface area contributed by atoms with Gasteiger partial charge in [0.05, 0.1) is 34.2 Å². The van der Waals surface area contributed by atoms with E-state index in [9.17, 15) is 0 Å². The molecule has 0 N–H and O–H groups in total. The maximum atomic E-state index is 2.40. The van der Waals surface area contributed by atoms with Crippen LogP contribution in [0, 0.1) is 0 Å². The molecule has 0 aromatic rings. The van der Waals surface area contributed by atoms with E-state index in [1.807, 2.05) is 0 Å². The molecule has 0 aliphatic heterocycles. The van der Waals surface area contributed by atoms with Gasteiger partial charge in [0.15, 0.2) is 0 Å². The van der Waals surface area contributed by atoms with Crippen LogP contribution in [-0.2, 0) is 0 Å². The van der Waals surface area contributed by atoms with Crippen LogP contribution in [0.2, 0.25) is 6.55 Å². The molecular formula is C8H18PSi+. The van der Waals surface area contributed by atoms with Gasteiger partial charge < -0.3 is 0 Å². The Morgan fingerprint density at radius 1 is 1.10 bits per heavy atom. The Balaban J connectivity index is 4.71. The average Bonchev–Trinajstić information content (AvgIpc) is 1.84. The van der Waals surface area contributed by atoms with Crippen molar-refractivity contribution in [3.05, 3.63) is 0 Å². The van der Waals surface area contributed by atoms with Gasteiger partial charge in [-0.1, -0.05) is 5.17 Å². The smallest absolute Gasteiger partial charge is 0.0882 e. The minimum atomic E-state index is -0.222. The Bertz CT molecular complexity index is 159. The van der Waals surface area contributed by atoms with Crippen LogP contribution >= 0.6 is 7.55 Å². The lowest BCUT2D eigenvalue weighted by atomic mass is 10.6. The summed E-state index contributed by atoms with van der Waals surface area (Å²) in [6.45, 7) is 13.9. The van der Waals surface area contributed by atoms with Crippen molar-refractivity contribution in [1.29, 1.82) is 0 Å². The third kappa shape index (κ3) is 2.89. The van der Waals surface area contributed by atoms with E-state index in [1.54, 1.807) is 10.1 Å². The van der Waals surface area contributed by atoms with E-state index >= 15 is 0 Å². The average molecular weight is 173 g/mol. The normalized spacial score (nSPS) is 9.00. The lowest BCUT2D eigenvalue weighted by Crippen LogP contribution is -2.15. The molecule has 0 aliphatic rings. The van der Waals surface area contributed by atoms with Crippen LogP contribution in [0.25, 0.3) is 0 Å². The Morgan fingerprint density at radius 3 is 1.60 bits per heavy atom. The molecule has 0 radical (unpaired) electrons. The highest BCUT2D eigenvalue weighted by Crippen LogP contribution is 2.12. The molecule has 0 aromatic carbocycles. The second kappa shape index (κ2) is 4.20. The van der Waals surface area contributed by atoms with E-state index in [0.29, 0.717) is 0 Å². The van der Waals surface area contributed by atoms with Crippen LogP contribution < -0.4 is 0 Å². The fraction of sp³-hybridized carbons (Fsp3) is 0.750. The highest BCUT2D eigenvalue weighted by molar-refractivity contribution is 7.62. The van der Waals surface area contributed by atoms with E-state index in [4.69, 9.17) is 0 Å². The molecule has 0 nitrogen and oxygen atoms in total. The predicted molar refractivity (Wildman–Crippen MR) is 57.4 cm³/mol. The molecule has 0 spiro atoms. The molecule has 0 saturated carbocycles. The van der Waals surface area contributed by atoms with Gasteiger partial charge in [0, 0.05) is 0 Å². The Morgan fingerprint density at radius 2 is 1.50 bits per heavy atom. The van der Waals surface area contributed by atoms with Crippen LogP contribution in [0.15, 0.2) is 0 Å². The van der Waals surface area contributed by atoms with Crippen molar-refractivity contribution in [2.45, 2.75) is 27.3 Å². The van der Waals surface area contributed by atoms with Crippen molar-refractivity contribution in [3.63, 3.8) is 0 Å². The largest absolute Gasteiger partial charge is 0.0955 e. The zero-order chi connectivity index (χ0) is 8.31. The van der Waals surface area contributed by atoms with Gasteiger partial charge in [-0.15, -0.1) is 0 Å². The molecule has 0 rings (SSSR count). The molecule has 58 valence electrons.